The molecule has 2 radical (unpaired) electrons. The first kappa shape index (κ1) is 76.9. The fourth-order valence-corrected chi connectivity index (χ4v) is 12.8. The largest absolute Gasteiger partial charge is 0.512 e. The monoisotopic (exact) mass is 1580 g/mol. The van der Waals surface area contributed by atoms with Crippen LogP contribution in [0.25, 0.3) is 66.5 Å². The van der Waals surface area contributed by atoms with Crippen molar-refractivity contribution in [1.29, 1.82) is 0 Å². The van der Waals surface area contributed by atoms with E-state index in [4.69, 9.17) is 20.1 Å². The summed E-state index contributed by atoms with van der Waals surface area (Å²) in [5.74, 6) is 0.993. The maximum absolute atomic E-state index is 11.7. The number of ketones is 2. The van der Waals surface area contributed by atoms with Gasteiger partial charge in [0.15, 0.2) is 11.6 Å². The Morgan fingerprint density at radius 1 is 0.483 bits per heavy atom. The predicted molar refractivity (Wildman–Crippen MR) is 377 cm³/mol. The van der Waals surface area contributed by atoms with Crippen molar-refractivity contribution >= 4 is 70.8 Å². The van der Waals surface area contributed by atoms with Gasteiger partial charge in [-0.2, -0.15) is 0 Å². The molecule has 89 heavy (non-hydrogen) atoms. The Bertz CT molecular complexity index is 3680. The number of aliphatic hydroxyl groups excluding tert-OH is 2. The van der Waals surface area contributed by atoms with E-state index in [0.29, 0.717) is 5.92 Å². The molecule has 0 bridgehead atoms. The van der Waals surface area contributed by atoms with Gasteiger partial charge in [-0.15, -0.1) is 105 Å². The molecule has 0 spiro atoms. The topological polar surface area (TPSA) is 113 Å². The zero-order valence-electron chi connectivity index (χ0n) is 56.6. The second kappa shape index (κ2) is 35.3. The van der Waals surface area contributed by atoms with Crippen LogP contribution >= 0.6 is 0 Å². The maximum atomic E-state index is 11.7. The first-order chi connectivity index (χ1) is 40.9. The van der Waals surface area contributed by atoms with Gasteiger partial charge in [-0.1, -0.05) is 206 Å². The average Bonchev–Trinajstić information content (AvgIpc) is 2.33. The molecule has 0 amide bonds. The van der Waals surface area contributed by atoms with Gasteiger partial charge in [0.2, 0.25) is 0 Å². The molecule has 11 heteroatoms. The van der Waals surface area contributed by atoms with E-state index in [0.717, 1.165) is 92.7 Å². The standard InChI is InChI=1S/2C20H22NSi.C20H20N.C13H24O2.C5H8O2.2Ir/c2*1-14-10-15(2)12-17(11-14)20-8-6-16-13-18(22(3,4)5)7-9-19(16)21-20;1-13(2)17-6-5-7-20-18(17)8-9-19(21-20)16-11-14(3)10-15(4)12-16;1-5-10(6-2)12(14)9-13(15)11(7-3)8-4;1-4(6)3-5(2)7;;/h2*6-11,13H,1-5H3;5-11,13H,1-4H3;9-11,14H,5-8H2,1-4H3;3,6H,1-2H3;;/q3*-1;;;;. The molecule has 7 nitrogen and oxygen atoms in total. The number of carbonyl (C=O) groups excluding carboxylic acids is 2. The van der Waals surface area contributed by atoms with Crippen molar-refractivity contribution < 1.29 is 60.0 Å². The number of carbonyl (C=O) groups is 2. The molecule has 0 saturated heterocycles. The Balaban J connectivity index is 0.000000300. The first-order valence-electron chi connectivity index (χ1n) is 31.0. The number of aryl methyl sites for hydroxylation is 6. The van der Waals surface area contributed by atoms with Crippen LogP contribution < -0.4 is 10.4 Å². The van der Waals surface area contributed by atoms with Gasteiger partial charge >= 0.3 is 0 Å². The number of benzene rings is 6. The second-order valence-electron chi connectivity index (χ2n) is 25.6. The SMILES string of the molecule is CC(=O)C=C(C)O.CCC(CC)C(=O)C=C(O)C(CC)CC.Cc1[c-]c(-c2ccc3c(C(C)C)cccc3n2)cc(C)c1.Cc1[c-]c(-c2ccc3cc([Si](C)(C)C)ccc3n2)cc(C)c1.Cc1[c-]c(-c2ccc3cc([Si](C)(C)C)ccc3n2)cc(C)c1.[Ir].[Ir]. The van der Waals surface area contributed by atoms with E-state index in [1.807, 2.05) is 27.7 Å². The molecule has 3 aromatic heterocycles. The minimum atomic E-state index is -1.28. The summed E-state index contributed by atoms with van der Waals surface area (Å²) in [4.78, 5) is 36.2. The Morgan fingerprint density at radius 2 is 0.865 bits per heavy atom. The summed E-state index contributed by atoms with van der Waals surface area (Å²) in [6.07, 6.45) is 6.07. The van der Waals surface area contributed by atoms with Gasteiger partial charge in [0.05, 0.1) is 44.2 Å². The summed E-state index contributed by atoms with van der Waals surface area (Å²) in [6, 6.07) is 55.8. The Labute approximate surface area is 563 Å². The smallest absolute Gasteiger partial charge is 0.162 e. The molecule has 3 heterocycles. The molecule has 9 aromatic rings. The molecular formula is C78H96Ir2N3O4Si2-3. The van der Waals surface area contributed by atoms with Gasteiger partial charge in [0, 0.05) is 69.6 Å². The van der Waals surface area contributed by atoms with Crippen molar-refractivity contribution in [2.45, 2.75) is 168 Å². The summed E-state index contributed by atoms with van der Waals surface area (Å²) < 4.78 is 0. The summed E-state index contributed by atoms with van der Waals surface area (Å²) in [5.41, 5.74) is 18.0. The molecule has 476 valence electrons. The van der Waals surface area contributed by atoms with Crippen molar-refractivity contribution in [1.82, 2.24) is 15.0 Å². The van der Waals surface area contributed by atoms with Crippen molar-refractivity contribution in [3.8, 4) is 33.8 Å². The third kappa shape index (κ3) is 23.5. The molecule has 0 aliphatic heterocycles. The van der Waals surface area contributed by atoms with Crippen molar-refractivity contribution in [3.63, 3.8) is 0 Å². The summed E-state index contributed by atoms with van der Waals surface area (Å²) in [5, 5.41) is 24.8. The first-order valence-corrected chi connectivity index (χ1v) is 38.0. The van der Waals surface area contributed by atoms with Crippen LogP contribution in [0, 0.1) is 71.6 Å². The zero-order valence-corrected chi connectivity index (χ0v) is 63.3. The molecule has 0 fully saturated rings. The fourth-order valence-electron chi connectivity index (χ4n) is 10.5. The number of allylic oxidation sites excluding steroid dienone is 4. The second-order valence-corrected chi connectivity index (χ2v) is 35.8. The van der Waals surface area contributed by atoms with Gasteiger partial charge < -0.3 is 10.2 Å². The molecule has 0 atom stereocenters. The van der Waals surface area contributed by atoms with Crippen molar-refractivity contribution in [2.24, 2.45) is 11.8 Å². The number of hydrogen-bond acceptors (Lipinski definition) is 7. The van der Waals surface area contributed by atoms with Crippen molar-refractivity contribution in [2.75, 3.05) is 0 Å². The van der Waals surface area contributed by atoms with Crippen LogP contribution in [0.5, 0.6) is 0 Å². The number of nitrogens with zero attached hydrogens (tertiary/aromatic N) is 3. The molecule has 0 aliphatic carbocycles. The fraction of sp³-hybridized carbons (Fsp3) is 0.346. The van der Waals surface area contributed by atoms with Gasteiger partial charge in [0.1, 0.15) is 0 Å². The van der Waals surface area contributed by atoms with E-state index in [1.54, 1.807) is 0 Å². The quantitative estimate of drug-likeness (QED) is 0.0482. The Hall–Kier alpha value is -6.30. The van der Waals surface area contributed by atoms with E-state index >= 15 is 0 Å². The van der Waals surface area contributed by atoms with Gasteiger partial charge in [-0.3, -0.25) is 24.5 Å². The van der Waals surface area contributed by atoms with E-state index in [2.05, 4.69) is 240 Å². The number of aliphatic hydroxyl groups is 2. The van der Waals surface area contributed by atoms with E-state index in [1.165, 1.54) is 74.8 Å². The third-order valence-electron chi connectivity index (χ3n) is 15.3. The maximum Gasteiger partial charge on any atom is 0.162 e. The van der Waals surface area contributed by atoms with E-state index in [9.17, 15) is 14.7 Å². The van der Waals surface area contributed by atoms with Crippen molar-refractivity contribution in [3.05, 3.63) is 208 Å². The number of pyridine rings is 3. The molecular weight excluding hydrogens is 1480 g/mol. The molecule has 6 aromatic carbocycles. The summed E-state index contributed by atoms with van der Waals surface area (Å²) in [7, 11) is -2.55. The molecule has 9 rings (SSSR count). The van der Waals surface area contributed by atoms with E-state index in [-0.39, 0.29) is 75.1 Å². The van der Waals surface area contributed by atoms with Gasteiger partial charge in [0.25, 0.3) is 0 Å². The van der Waals surface area contributed by atoms with Crippen LogP contribution in [0.4, 0.5) is 0 Å². The number of fused-ring (bicyclic) bond motifs is 3. The van der Waals surface area contributed by atoms with Crippen LogP contribution in [0.3, 0.4) is 0 Å². The van der Waals surface area contributed by atoms with Crippen LogP contribution in [-0.4, -0.2) is 52.9 Å². The third-order valence-corrected chi connectivity index (χ3v) is 19.4. The number of rotatable bonds is 14. The Kier molecular flexibility index (Phi) is 30.6. The minimum absolute atomic E-state index is 0. The normalized spacial score (nSPS) is 11.5. The number of hydrogen-bond donors (Lipinski definition) is 2. The Morgan fingerprint density at radius 3 is 1.19 bits per heavy atom. The average molecular weight is 1580 g/mol. The zero-order chi connectivity index (χ0) is 64.5. The molecule has 0 unspecified atom stereocenters. The van der Waals surface area contributed by atoms with Crippen LogP contribution in [0.15, 0.2) is 151 Å². The summed E-state index contributed by atoms with van der Waals surface area (Å²) in [6.45, 7) is 42.2. The molecule has 2 N–H and O–H groups in total. The summed E-state index contributed by atoms with van der Waals surface area (Å²) >= 11 is 0. The van der Waals surface area contributed by atoms with E-state index < -0.39 is 16.1 Å². The molecule has 0 saturated carbocycles. The van der Waals surface area contributed by atoms with Gasteiger partial charge in [-0.25, -0.2) is 0 Å². The minimum Gasteiger partial charge on any atom is -0.512 e. The van der Waals surface area contributed by atoms with Crippen LogP contribution in [-0.2, 0) is 49.8 Å². The van der Waals surface area contributed by atoms with Crippen LogP contribution in [0.2, 0.25) is 39.3 Å². The van der Waals surface area contributed by atoms with Gasteiger partial charge in [-0.05, 0) is 97.1 Å². The van der Waals surface area contributed by atoms with Crippen LogP contribution in [0.1, 0.15) is 126 Å². The predicted octanol–water partition coefficient (Wildman–Crippen LogP) is 20.1. The number of aromatic nitrogens is 3. The molecule has 0 aliphatic rings.